The first-order chi connectivity index (χ1) is 9.58. The van der Waals surface area contributed by atoms with Gasteiger partial charge in [-0.15, -0.1) is 11.3 Å². The summed E-state index contributed by atoms with van der Waals surface area (Å²) in [5, 5.41) is 2.28. The van der Waals surface area contributed by atoms with Gasteiger partial charge in [0.1, 0.15) is 10.7 Å². The standard InChI is InChI=1S/C11H13N5O2S2/c12-15-10-4-3-8(5-13-10)20(17,18)16-11-14-9(6-19-11)7-1-2-7/h3-7H,1-2,12H2,(H,13,15)(H,14,16). The van der Waals surface area contributed by atoms with Crippen LogP contribution in [0.1, 0.15) is 24.5 Å². The fourth-order valence-electron chi connectivity index (χ4n) is 1.70. The molecule has 0 radical (unpaired) electrons. The zero-order valence-corrected chi connectivity index (χ0v) is 12.0. The van der Waals surface area contributed by atoms with Gasteiger partial charge in [0, 0.05) is 17.5 Å². The molecule has 4 N–H and O–H groups in total. The molecule has 0 saturated heterocycles. The van der Waals surface area contributed by atoms with E-state index in [2.05, 4.69) is 20.1 Å². The van der Waals surface area contributed by atoms with Crippen molar-refractivity contribution in [3.8, 4) is 0 Å². The highest BCUT2D eigenvalue weighted by Gasteiger charge is 2.26. The molecular formula is C11H13N5O2S2. The van der Waals surface area contributed by atoms with Crippen LogP contribution in [0.15, 0.2) is 28.6 Å². The number of thiazole rings is 1. The van der Waals surface area contributed by atoms with Crippen molar-refractivity contribution in [2.75, 3.05) is 10.1 Å². The molecule has 2 aromatic heterocycles. The number of nitrogens with zero attached hydrogens (tertiary/aromatic N) is 2. The number of nitrogens with two attached hydrogens (primary N) is 1. The summed E-state index contributed by atoms with van der Waals surface area (Å²) in [7, 11) is -3.66. The summed E-state index contributed by atoms with van der Waals surface area (Å²) in [5.41, 5.74) is 3.31. The number of hydrazine groups is 1. The van der Waals surface area contributed by atoms with Crippen LogP contribution in [0.4, 0.5) is 10.9 Å². The average Bonchev–Trinajstić information content (AvgIpc) is 3.20. The first-order valence-corrected chi connectivity index (χ1v) is 8.36. The van der Waals surface area contributed by atoms with E-state index in [9.17, 15) is 8.42 Å². The van der Waals surface area contributed by atoms with E-state index >= 15 is 0 Å². The van der Waals surface area contributed by atoms with Crippen LogP contribution in [0, 0.1) is 0 Å². The van der Waals surface area contributed by atoms with Gasteiger partial charge in [-0.05, 0) is 25.0 Å². The minimum atomic E-state index is -3.66. The highest BCUT2D eigenvalue weighted by Crippen LogP contribution is 2.41. The van der Waals surface area contributed by atoms with Crippen LogP contribution in [0.3, 0.4) is 0 Å². The van der Waals surface area contributed by atoms with E-state index < -0.39 is 10.0 Å². The number of anilines is 2. The molecule has 7 nitrogen and oxygen atoms in total. The first-order valence-electron chi connectivity index (χ1n) is 5.99. The zero-order valence-electron chi connectivity index (χ0n) is 10.4. The van der Waals surface area contributed by atoms with E-state index in [1.54, 1.807) is 0 Å². The Morgan fingerprint density at radius 3 is 2.75 bits per heavy atom. The normalized spacial score (nSPS) is 15.1. The Bertz CT molecular complexity index is 707. The third-order valence-corrected chi connectivity index (χ3v) is 5.16. The van der Waals surface area contributed by atoms with Crippen molar-refractivity contribution in [2.24, 2.45) is 5.84 Å². The summed E-state index contributed by atoms with van der Waals surface area (Å²) < 4.78 is 26.8. The minimum Gasteiger partial charge on any atom is -0.308 e. The van der Waals surface area contributed by atoms with Gasteiger partial charge in [0.05, 0.1) is 5.69 Å². The lowest BCUT2D eigenvalue weighted by molar-refractivity contribution is 0.601. The predicted molar refractivity (Wildman–Crippen MR) is 76.9 cm³/mol. The number of hydrogen-bond donors (Lipinski definition) is 3. The van der Waals surface area contributed by atoms with Crippen LogP contribution >= 0.6 is 11.3 Å². The smallest absolute Gasteiger partial charge is 0.265 e. The van der Waals surface area contributed by atoms with Crippen LogP contribution in [-0.4, -0.2) is 18.4 Å². The molecule has 1 saturated carbocycles. The maximum absolute atomic E-state index is 12.2. The van der Waals surface area contributed by atoms with Crippen molar-refractivity contribution in [3.63, 3.8) is 0 Å². The van der Waals surface area contributed by atoms with Gasteiger partial charge in [0.25, 0.3) is 10.0 Å². The SMILES string of the molecule is NNc1ccc(S(=O)(=O)Nc2nc(C3CC3)cs2)cn1. The van der Waals surface area contributed by atoms with Crippen LogP contribution < -0.4 is 16.0 Å². The third-order valence-electron chi connectivity index (χ3n) is 2.93. The van der Waals surface area contributed by atoms with E-state index in [0.29, 0.717) is 16.9 Å². The van der Waals surface area contributed by atoms with Gasteiger partial charge < -0.3 is 5.43 Å². The Morgan fingerprint density at radius 2 is 2.15 bits per heavy atom. The number of pyridine rings is 1. The van der Waals surface area contributed by atoms with Crippen LogP contribution in [0.25, 0.3) is 0 Å². The Balaban J connectivity index is 1.79. The summed E-state index contributed by atoms with van der Waals surface area (Å²) in [5.74, 6) is 6.08. The Morgan fingerprint density at radius 1 is 1.35 bits per heavy atom. The van der Waals surface area contributed by atoms with Crippen LogP contribution in [0.2, 0.25) is 0 Å². The molecule has 0 unspecified atom stereocenters. The molecule has 9 heteroatoms. The number of sulfonamides is 1. The Kier molecular flexibility index (Phi) is 3.32. The number of rotatable bonds is 5. The topological polar surface area (TPSA) is 110 Å². The largest absolute Gasteiger partial charge is 0.308 e. The van der Waals surface area contributed by atoms with E-state index in [1.807, 2.05) is 5.38 Å². The maximum atomic E-state index is 12.2. The van der Waals surface area contributed by atoms with E-state index in [-0.39, 0.29) is 4.90 Å². The molecule has 20 heavy (non-hydrogen) atoms. The lowest BCUT2D eigenvalue weighted by atomic mass is 10.3. The molecule has 1 fully saturated rings. The molecule has 3 rings (SSSR count). The van der Waals surface area contributed by atoms with Gasteiger partial charge in [-0.3, -0.25) is 4.72 Å². The number of nitrogens with one attached hydrogen (secondary N) is 2. The van der Waals surface area contributed by atoms with Crippen molar-refractivity contribution >= 4 is 32.3 Å². The second-order valence-corrected chi connectivity index (χ2v) is 7.02. The molecule has 2 heterocycles. The fourth-order valence-corrected chi connectivity index (χ4v) is 3.69. The van der Waals surface area contributed by atoms with Gasteiger partial charge in [0.2, 0.25) is 0 Å². The zero-order chi connectivity index (χ0) is 14.2. The molecule has 106 valence electrons. The molecule has 0 amide bonds. The summed E-state index contributed by atoms with van der Waals surface area (Å²) in [6.07, 6.45) is 3.51. The maximum Gasteiger partial charge on any atom is 0.265 e. The second kappa shape index (κ2) is 5.00. The summed E-state index contributed by atoms with van der Waals surface area (Å²) >= 11 is 1.29. The molecule has 0 atom stereocenters. The molecule has 1 aliphatic carbocycles. The van der Waals surface area contributed by atoms with Gasteiger partial charge in [-0.25, -0.2) is 24.2 Å². The molecule has 0 bridgehead atoms. The highest BCUT2D eigenvalue weighted by molar-refractivity contribution is 7.93. The monoisotopic (exact) mass is 311 g/mol. The number of aromatic nitrogens is 2. The fraction of sp³-hybridized carbons (Fsp3) is 0.273. The van der Waals surface area contributed by atoms with Gasteiger partial charge in [-0.1, -0.05) is 0 Å². The molecule has 1 aliphatic rings. The molecular weight excluding hydrogens is 298 g/mol. The van der Waals surface area contributed by atoms with Crippen molar-refractivity contribution < 1.29 is 8.42 Å². The molecule has 2 aromatic rings. The van der Waals surface area contributed by atoms with Crippen molar-refractivity contribution in [1.82, 2.24) is 9.97 Å². The summed E-state index contributed by atoms with van der Waals surface area (Å²) in [4.78, 5) is 8.24. The predicted octanol–water partition coefficient (Wildman–Crippen LogP) is 1.50. The lowest BCUT2D eigenvalue weighted by Gasteiger charge is -2.05. The number of hydrogen-bond acceptors (Lipinski definition) is 7. The van der Waals surface area contributed by atoms with Crippen LogP contribution in [0.5, 0.6) is 0 Å². The van der Waals surface area contributed by atoms with Crippen molar-refractivity contribution in [2.45, 2.75) is 23.7 Å². The van der Waals surface area contributed by atoms with E-state index in [4.69, 9.17) is 5.84 Å². The second-order valence-electron chi connectivity index (χ2n) is 4.48. The summed E-state index contributed by atoms with van der Waals surface area (Å²) in [6, 6.07) is 2.92. The van der Waals surface area contributed by atoms with Gasteiger partial charge in [0.15, 0.2) is 5.13 Å². The highest BCUT2D eigenvalue weighted by atomic mass is 32.2. The molecule has 0 aromatic carbocycles. The molecule has 0 aliphatic heterocycles. The van der Waals surface area contributed by atoms with Gasteiger partial charge in [-0.2, -0.15) is 0 Å². The first kappa shape index (κ1) is 13.3. The van der Waals surface area contributed by atoms with Crippen molar-refractivity contribution in [1.29, 1.82) is 0 Å². The van der Waals surface area contributed by atoms with Crippen LogP contribution in [-0.2, 0) is 10.0 Å². The summed E-state index contributed by atoms with van der Waals surface area (Å²) in [6.45, 7) is 0. The Labute approximate surface area is 120 Å². The quantitative estimate of drug-likeness (QED) is 0.570. The Hall–Kier alpha value is -1.71. The minimum absolute atomic E-state index is 0.0691. The number of nitrogen functional groups attached to an aromatic ring is 1. The van der Waals surface area contributed by atoms with E-state index in [1.165, 1.54) is 29.7 Å². The lowest BCUT2D eigenvalue weighted by Crippen LogP contribution is -2.14. The average molecular weight is 311 g/mol. The van der Waals surface area contributed by atoms with Crippen molar-refractivity contribution in [3.05, 3.63) is 29.4 Å². The molecule has 0 spiro atoms. The van der Waals surface area contributed by atoms with Gasteiger partial charge >= 0.3 is 0 Å². The van der Waals surface area contributed by atoms with E-state index in [0.717, 1.165) is 18.5 Å². The third kappa shape index (κ3) is 2.74.